The highest BCUT2D eigenvalue weighted by atomic mass is 127. The van der Waals surface area contributed by atoms with Gasteiger partial charge in [0.25, 0.3) is 0 Å². The van der Waals surface area contributed by atoms with Crippen LogP contribution in [-0.4, -0.2) is 20.2 Å². The van der Waals surface area contributed by atoms with Crippen molar-refractivity contribution in [1.29, 1.82) is 0 Å². The van der Waals surface area contributed by atoms with E-state index in [1.54, 1.807) is 30.1 Å². The molecule has 8 heavy (non-hydrogen) atoms. The average molecular weight is 229 g/mol. The summed E-state index contributed by atoms with van der Waals surface area (Å²) in [5.74, 6) is 0. The van der Waals surface area contributed by atoms with E-state index in [1.807, 2.05) is 0 Å². The molecule has 2 nitrogen and oxygen atoms in total. The SMILES string of the molecule is C1CCNC1.COI. The summed E-state index contributed by atoms with van der Waals surface area (Å²) in [6, 6.07) is 0. The lowest BCUT2D eigenvalue weighted by molar-refractivity contribution is 0.556. The molecule has 0 amide bonds. The number of nitrogens with one attached hydrogen (secondary N) is 1. The van der Waals surface area contributed by atoms with Crippen LogP contribution in [0.1, 0.15) is 12.8 Å². The molecule has 0 atom stereocenters. The van der Waals surface area contributed by atoms with E-state index in [0.29, 0.717) is 0 Å². The third kappa shape index (κ3) is 6.65. The highest BCUT2D eigenvalue weighted by molar-refractivity contribution is 14.1. The van der Waals surface area contributed by atoms with Gasteiger partial charge in [0.05, 0.1) is 0 Å². The fourth-order valence-electron chi connectivity index (χ4n) is 0.625. The molecular formula is C5H12INO. The summed E-state index contributed by atoms with van der Waals surface area (Å²) in [7, 11) is 1.61. The summed E-state index contributed by atoms with van der Waals surface area (Å²) < 4.78 is 4.22. The molecule has 0 spiro atoms. The largest absolute Gasteiger partial charge is 0.319 e. The van der Waals surface area contributed by atoms with Gasteiger partial charge in [0.1, 0.15) is 23.0 Å². The minimum atomic E-state index is 1.25. The van der Waals surface area contributed by atoms with Gasteiger partial charge in [-0.05, 0) is 25.9 Å². The second kappa shape index (κ2) is 7.65. The Morgan fingerprint density at radius 1 is 1.38 bits per heavy atom. The van der Waals surface area contributed by atoms with Crippen molar-refractivity contribution in [2.24, 2.45) is 0 Å². The molecule has 0 aliphatic carbocycles. The standard InChI is InChI=1S/C4H9N.CH3IO/c1-2-4-5-3-1;1-3-2/h5H,1-4H2;1H3. The smallest absolute Gasteiger partial charge is 0.109 e. The Hall–Kier alpha value is 0.650. The number of rotatable bonds is 0. The summed E-state index contributed by atoms with van der Waals surface area (Å²) in [5.41, 5.74) is 0. The van der Waals surface area contributed by atoms with Gasteiger partial charge in [-0.25, -0.2) is 0 Å². The number of hydrogen-bond donors (Lipinski definition) is 1. The topological polar surface area (TPSA) is 21.3 Å². The van der Waals surface area contributed by atoms with E-state index in [-0.39, 0.29) is 0 Å². The first-order valence-electron chi connectivity index (χ1n) is 2.77. The molecule has 1 N–H and O–H groups in total. The summed E-state index contributed by atoms with van der Waals surface area (Å²) in [6.45, 7) is 2.50. The summed E-state index contributed by atoms with van der Waals surface area (Å²) in [4.78, 5) is 0. The Morgan fingerprint density at radius 3 is 1.88 bits per heavy atom. The van der Waals surface area contributed by atoms with Crippen LogP contribution >= 0.6 is 23.0 Å². The number of hydrogen-bond acceptors (Lipinski definition) is 2. The van der Waals surface area contributed by atoms with Crippen LogP contribution in [0, 0.1) is 0 Å². The molecule has 3 heteroatoms. The lowest BCUT2D eigenvalue weighted by atomic mass is 10.4. The van der Waals surface area contributed by atoms with Gasteiger partial charge < -0.3 is 8.38 Å². The van der Waals surface area contributed by atoms with Gasteiger partial charge in [-0.2, -0.15) is 0 Å². The Morgan fingerprint density at radius 2 is 1.75 bits per heavy atom. The molecule has 0 bridgehead atoms. The van der Waals surface area contributed by atoms with Gasteiger partial charge in [0.15, 0.2) is 0 Å². The van der Waals surface area contributed by atoms with Crippen molar-refractivity contribution >= 4 is 23.0 Å². The average Bonchev–Trinajstić information content (AvgIpc) is 2.17. The minimum absolute atomic E-state index is 1.25. The van der Waals surface area contributed by atoms with E-state index in [9.17, 15) is 0 Å². The van der Waals surface area contributed by atoms with E-state index in [0.717, 1.165) is 0 Å². The summed E-state index contributed by atoms with van der Waals surface area (Å²) >= 11 is 1.79. The molecule has 0 aromatic carbocycles. The first-order valence-corrected chi connectivity index (χ1v) is 3.65. The molecule has 1 fully saturated rings. The van der Waals surface area contributed by atoms with Crippen LogP contribution in [0.2, 0.25) is 0 Å². The summed E-state index contributed by atoms with van der Waals surface area (Å²) in [5, 5.41) is 3.22. The predicted octanol–water partition coefficient (Wildman–Crippen LogP) is 1.35. The van der Waals surface area contributed by atoms with Crippen molar-refractivity contribution in [2.75, 3.05) is 20.2 Å². The highest BCUT2D eigenvalue weighted by Gasteiger charge is 1.93. The van der Waals surface area contributed by atoms with Crippen molar-refractivity contribution in [2.45, 2.75) is 12.8 Å². The van der Waals surface area contributed by atoms with Crippen molar-refractivity contribution in [3.8, 4) is 0 Å². The number of halogens is 1. The van der Waals surface area contributed by atoms with E-state index < -0.39 is 0 Å². The minimum Gasteiger partial charge on any atom is -0.319 e. The van der Waals surface area contributed by atoms with Crippen molar-refractivity contribution in [3.63, 3.8) is 0 Å². The monoisotopic (exact) mass is 229 g/mol. The van der Waals surface area contributed by atoms with Gasteiger partial charge in [-0.3, -0.25) is 0 Å². The maximum atomic E-state index is 4.22. The zero-order valence-corrected chi connectivity index (χ0v) is 7.27. The highest BCUT2D eigenvalue weighted by Crippen LogP contribution is 1.90. The molecule has 1 heterocycles. The summed E-state index contributed by atoms with van der Waals surface area (Å²) in [6.07, 6.45) is 2.78. The van der Waals surface area contributed by atoms with Crippen LogP contribution < -0.4 is 5.32 Å². The molecule has 1 aliphatic heterocycles. The first-order chi connectivity index (χ1) is 3.91. The predicted molar refractivity (Wildman–Crippen MR) is 43.1 cm³/mol. The third-order valence-corrected chi connectivity index (χ3v) is 0.957. The Labute approximate surface area is 64.7 Å². The Balaban J connectivity index is 0.000000145. The second-order valence-electron chi connectivity index (χ2n) is 1.61. The van der Waals surface area contributed by atoms with E-state index in [2.05, 4.69) is 8.38 Å². The van der Waals surface area contributed by atoms with Gasteiger partial charge in [-0.1, -0.05) is 0 Å². The molecule has 1 saturated heterocycles. The van der Waals surface area contributed by atoms with Crippen LogP contribution in [-0.2, 0) is 3.07 Å². The fourth-order valence-corrected chi connectivity index (χ4v) is 0.625. The van der Waals surface area contributed by atoms with Gasteiger partial charge in [0.2, 0.25) is 0 Å². The molecule has 0 aromatic rings. The quantitative estimate of drug-likeness (QED) is 0.633. The van der Waals surface area contributed by atoms with Crippen molar-refractivity contribution < 1.29 is 3.07 Å². The lowest BCUT2D eigenvalue weighted by Crippen LogP contribution is -2.03. The fraction of sp³-hybridized carbons (Fsp3) is 1.00. The maximum Gasteiger partial charge on any atom is 0.109 e. The molecule has 0 saturated carbocycles. The normalized spacial score (nSPS) is 17.2. The van der Waals surface area contributed by atoms with Crippen molar-refractivity contribution in [1.82, 2.24) is 5.32 Å². The molecule has 50 valence electrons. The van der Waals surface area contributed by atoms with Crippen LogP contribution in [0.5, 0.6) is 0 Å². The molecule has 0 radical (unpaired) electrons. The molecule has 0 aromatic heterocycles. The lowest BCUT2D eigenvalue weighted by Gasteiger charge is -1.76. The van der Waals surface area contributed by atoms with Gasteiger partial charge in [-0.15, -0.1) is 0 Å². The van der Waals surface area contributed by atoms with Crippen molar-refractivity contribution in [3.05, 3.63) is 0 Å². The molecular weight excluding hydrogens is 217 g/mol. The first kappa shape index (κ1) is 8.65. The van der Waals surface area contributed by atoms with Crippen LogP contribution in [0.3, 0.4) is 0 Å². The zero-order chi connectivity index (χ0) is 6.24. The van der Waals surface area contributed by atoms with E-state index in [4.69, 9.17) is 0 Å². The van der Waals surface area contributed by atoms with Crippen LogP contribution in [0.15, 0.2) is 0 Å². The zero-order valence-electron chi connectivity index (χ0n) is 5.11. The van der Waals surface area contributed by atoms with Crippen LogP contribution in [0.25, 0.3) is 0 Å². The molecule has 1 aliphatic rings. The van der Waals surface area contributed by atoms with Crippen LogP contribution in [0.4, 0.5) is 0 Å². The third-order valence-electron chi connectivity index (χ3n) is 0.957. The Bertz CT molecular complexity index is 31.8. The molecule has 0 unspecified atom stereocenters. The Kier molecular flexibility index (Phi) is 8.27. The second-order valence-corrected chi connectivity index (χ2v) is 2.49. The van der Waals surface area contributed by atoms with Gasteiger partial charge >= 0.3 is 0 Å². The van der Waals surface area contributed by atoms with E-state index >= 15 is 0 Å². The maximum absolute atomic E-state index is 4.22. The molecule has 1 rings (SSSR count). The van der Waals surface area contributed by atoms with E-state index in [1.165, 1.54) is 25.9 Å². The van der Waals surface area contributed by atoms with Gasteiger partial charge in [0, 0.05) is 7.11 Å².